The number of rotatable bonds is 6. The molecule has 8 nitrogen and oxygen atoms in total. The minimum absolute atomic E-state index is 0.709. The first-order chi connectivity index (χ1) is 14.3. The molecule has 0 saturated carbocycles. The van der Waals surface area contributed by atoms with Crippen LogP contribution < -0.4 is 5.32 Å². The van der Waals surface area contributed by atoms with Crippen molar-refractivity contribution >= 4 is 5.96 Å². The van der Waals surface area contributed by atoms with E-state index in [0.29, 0.717) is 6.54 Å². The summed E-state index contributed by atoms with van der Waals surface area (Å²) < 4.78 is 6.89. The third-order valence-corrected chi connectivity index (χ3v) is 5.09. The molecule has 152 valence electrons. The molecule has 0 unspecified atom stereocenters. The molecule has 1 saturated heterocycles. The van der Waals surface area contributed by atoms with E-state index in [1.165, 1.54) is 5.56 Å². The molecule has 1 N–H and O–H groups in total. The van der Waals surface area contributed by atoms with E-state index in [9.17, 15) is 0 Å². The van der Waals surface area contributed by atoms with Gasteiger partial charge in [0.1, 0.15) is 6.26 Å². The molecule has 29 heavy (non-hydrogen) atoms. The summed E-state index contributed by atoms with van der Waals surface area (Å²) in [6.07, 6.45) is 5.63. The zero-order valence-electron chi connectivity index (χ0n) is 16.7. The molecule has 4 rings (SSSR count). The van der Waals surface area contributed by atoms with Crippen LogP contribution in [0.5, 0.6) is 0 Å². The lowest BCUT2D eigenvalue weighted by Gasteiger charge is -2.36. The summed E-state index contributed by atoms with van der Waals surface area (Å²) in [5.74, 6) is 0.932. The number of aromatic nitrogens is 3. The van der Waals surface area contributed by atoms with Crippen LogP contribution in [-0.2, 0) is 19.6 Å². The van der Waals surface area contributed by atoms with E-state index in [1.807, 2.05) is 30.1 Å². The second-order valence-corrected chi connectivity index (χ2v) is 7.19. The van der Waals surface area contributed by atoms with Crippen LogP contribution in [0.4, 0.5) is 0 Å². The monoisotopic (exact) mass is 393 g/mol. The van der Waals surface area contributed by atoms with Crippen molar-refractivity contribution in [1.29, 1.82) is 0 Å². The van der Waals surface area contributed by atoms with E-state index < -0.39 is 0 Å². The SMILES string of the molecule is CN=C(NCc1cnn(Cc2ccccc2)c1)N1CCN(Cc2ccon2)CC1. The van der Waals surface area contributed by atoms with Gasteiger partial charge in [0.2, 0.25) is 0 Å². The Bertz CT molecular complexity index is 896. The normalized spacial score (nSPS) is 15.6. The van der Waals surface area contributed by atoms with Crippen LogP contribution in [0.1, 0.15) is 16.8 Å². The fourth-order valence-electron chi connectivity index (χ4n) is 3.53. The Kier molecular flexibility index (Phi) is 6.21. The highest BCUT2D eigenvalue weighted by Gasteiger charge is 2.20. The Morgan fingerprint density at radius 1 is 1.07 bits per heavy atom. The number of benzene rings is 1. The van der Waals surface area contributed by atoms with Crippen LogP contribution in [0.2, 0.25) is 0 Å². The largest absolute Gasteiger partial charge is 0.364 e. The number of nitrogens with zero attached hydrogens (tertiary/aromatic N) is 6. The maximum absolute atomic E-state index is 4.92. The van der Waals surface area contributed by atoms with E-state index in [1.54, 1.807) is 6.26 Å². The predicted molar refractivity (Wildman–Crippen MR) is 111 cm³/mol. The fraction of sp³-hybridized carbons (Fsp3) is 0.381. The topological polar surface area (TPSA) is 74.7 Å². The molecule has 1 aliphatic rings. The van der Waals surface area contributed by atoms with Crippen molar-refractivity contribution in [3.05, 3.63) is 71.9 Å². The van der Waals surface area contributed by atoms with Crippen molar-refractivity contribution in [2.75, 3.05) is 33.2 Å². The first-order valence-electron chi connectivity index (χ1n) is 9.92. The quantitative estimate of drug-likeness (QED) is 0.509. The van der Waals surface area contributed by atoms with Crippen LogP contribution in [-0.4, -0.2) is 63.9 Å². The molecule has 0 amide bonds. The van der Waals surface area contributed by atoms with Gasteiger partial charge < -0.3 is 14.7 Å². The van der Waals surface area contributed by atoms with Gasteiger partial charge in [0.05, 0.1) is 18.4 Å². The molecule has 0 bridgehead atoms. The van der Waals surface area contributed by atoms with Crippen LogP contribution in [0.15, 0.2) is 64.6 Å². The fourth-order valence-corrected chi connectivity index (χ4v) is 3.53. The lowest BCUT2D eigenvalue weighted by atomic mass is 10.2. The molecule has 3 heterocycles. The Morgan fingerprint density at radius 3 is 2.62 bits per heavy atom. The summed E-state index contributed by atoms with van der Waals surface area (Å²) in [4.78, 5) is 9.14. The van der Waals surface area contributed by atoms with Gasteiger partial charge in [-0.25, -0.2) is 0 Å². The standard InChI is InChI=1S/C21H27N7O/c1-22-21(27-10-8-26(9-11-27)17-20-7-12-29-25-20)23-13-19-14-24-28(16-19)15-18-5-3-2-4-6-18/h2-7,12,14,16H,8-11,13,15,17H2,1H3,(H,22,23). The van der Waals surface area contributed by atoms with Gasteiger partial charge >= 0.3 is 0 Å². The van der Waals surface area contributed by atoms with Crippen molar-refractivity contribution < 1.29 is 4.52 Å². The van der Waals surface area contributed by atoms with Crippen LogP contribution in [0, 0.1) is 0 Å². The van der Waals surface area contributed by atoms with Crippen LogP contribution in [0.25, 0.3) is 0 Å². The third-order valence-electron chi connectivity index (χ3n) is 5.09. The van der Waals surface area contributed by atoms with Gasteiger partial charge in [0.15, 0.2) is 5.96 Å². The lowest BCUT2D eigenvalue weighted by molar-refractivity contribution is 0.169. The van der Waals surface area contributed by atoms with Crippen molar-refractivity contribution in [2.45, 2.75) is 19.6 Å². The Balaban J connectivity index is 1.25. The number of guanidine groups is 1. The van der Waals surface area contributed by atoms with Gasteiger partial charge in [0, 0.05) is 64.1 Å². The molecule has 3 aromatic rings. The van der Waals surface area contributed by atoms with E-state index in [4.69, 9.17) is 4.52 Å². The third kappa shape index (κ3) is 5.23. The van der Waals surface area contributed by atoms with Gasteiger partial charge in [0.25, 0.3) is 0 Å². The molecule has 8 heteroatoms. The van der Waals surface area contributed by atoms with E-state index in [2.05, 4.69) is 60.8 Å². The lowest BCUT2D eigenvalue weighted by Crippen LogP contribution is -2.52. The van der Waals surface area contributed by atoms with Gasteiger partial charge in [-0.05, 0) is 5.56 Å². The predicted octanol–water partition coefficient (Wildman–Crippen LogP) is 1.81. The molecule has 0 spiro atoms. The first-order valence-corrected chi connectivity index (χ1v) is 9.92. The zero-order valence-corrected chi connectivity index (χ0v) is 16.7. The molecule has 1 fully saturated rings. The zero-order chi connectivity index (χ0) is 19.9. The average molecular weight is 393 g/mol. The summed E-state index contributed by atoms with van der Waals surface area (Å²) >= 11 is 0. The highest BCUT2D eigenvalue weighted by atomic mass is 16.5. The molecule has 0 aliphatic carbocycles. The van der Waals surface area contributed by atoms with E-state index in [0.717, 1.165) is 56.5 Å². The number of hydrogen-bond donors (Lipinski definition) is 1. The molecule has 2 aromatic heterocycles. The van der Waals surface area contributed by atoms with Gasteiger partial charge in [-0.15, -0.1) is 0 Å². The Labute approximate surface area is 170 Å². The summed E-state index contributed by atoms with van der Waals surface area (Å²) in [7, 11) is 1.84. The minimum atomic E-state index is 0.709. The highest BCUT2D eigenvalue weighted by molar-refractivity contribution is 5.80. The number of hydrogen-bond acceptors (Lipinski definition) is 5. The van der Waals surface area contributed by atoms with Crippen LogP contribution in [0.3, 0.4) is 0 Å². The van der Waals surface area contributed by atoms with Gasteiger partial charge in [-0.1, -0.05) is 35.5 Å². The maximum atomic E-state index is 4.92. The molecule has 0 atom stereocenters. The molecule has 1 aliphatic heterocycles. The summed E-state index contributed by atoms with van der Waals surface area (Å²) in [5.41, 5.74) is 3.37. The smallest absolute Gasteiger partial charge is 0.194 e. The number of aliphatic imine (C=N–C) groups is 1. The molecule has 0 radical (unpaired) electrons. The summed E-state index contributed by atoms with van der Waals surface area (Å²) in [6, 6.07) is 12.3. The molecular weight excluding hydrogens is 366 g/mol. The van der Waals surface area contributed by atoms with Crippen LogP contribution >= 0.6 is 0 Å². The second kappa shape index (κ2) is 9.38. The second-order valence-electron chi connectivity index (χ2n) is 7.19. The molecular formula is C21H27N7O. The van der Waals surface area contributed by atoms with Crippen molar-refractivity contribution in [2.24, 2.45) is 4.99 Å². The van der Waals surface area contributed by atoms with E-state index >= 15 is 0 Å². The van der Waals surface area contributed by atoms with Gasteiger partial charge in [-0.2, -0.15) is 5.10 Å². The Hall–Kier alpha value is -3.13. The van der Waals surface area contributed by atoms with Crippen molar-refractivity contribution in [3.8, 4) is 0 Å². The van der Waals surface area contributed by atoms with Crippen molar-refractivity contribution in [1.82, 2.24) is 30.1 Å². The molecule has 1 aromatic carbocycles. The minimum Gasteiger partial charge on any atom is -0.364 e. The van der Waals surface area contributed by atoms with Gasteiger partial charge in [-0.3, -0.25) is 14.6 Å². The average Bonchev–Trinajstić information content (AvgIpc) is 3.43. The maximum Gasteiger partial charge on any atom is 0.194 e. The highest BCUT2D eigenvalue weighted by Crippen LogP contribution is 2.08. The first kappa shape index (κ1) is 19.2. The number of piperazine rings is 1. The number of nitrogens with one attached hydrogen (secondary N) is 1. The summed E-state index contributed by atoms with van der Waals surface area (Å²) in [5, 5.41) is 11.9. The van der Waals surface area contributed by atoms with Crippen molar-refractivity contribution in [3.63, 3.8) is 0 Å². The Morgan fingerprint density at radius 2 is 1.90 bits per heavy atom. The van der Waals surface area contributed by atoms with E-state index in [-0.39, 0.29) is 0 Å². The summed E-state index contributed by atoms with van der Waals surface area (Å²) in [6.45, 7) is 6.14.